The van der Waals surface area contributed by atoms with Gasteiger partial charge >= 0.3 is 6.03 Å². The molecule has 1 atom stereocenters. The molecule has 1 aromatic heterocycles. The Morgan fingerprint density at radius 1 is 1.22 bits per heavy atom. The summed E-state index contributed by atoms with van der Waals surface area (Å²) < 4.78 is 0. The number of aliphatic hydroxyl groups is 1. The van der Waals surface area contributed by atoms with E-state index in [1.165, 1.54) is 16.9 Å². The SMILES string of the molecule is CC(C)(C)c1ccc(NC(=O)NCCC(O)c2cccs2)cc1. The highest BCUT2D eigenvalue weighted by Gasteiger charge is 2.13. The van der Waals surface area contributed by atoms with Crippen LogP contribution in [0.2, 0.25) is 0 Å². The Morgan fingerprint density at radius 2 is 1.91 bits per heavy atom. The Labute approximate surface area is 141 Å². The van der Waals surface area contributed by atoms with Gasteiger partial charge in [0, 0.05) is 17.1 Å². The van der Waals surface area contributed by atoms with Crippen LogP contribution in [0.5, 0.6) is 0 Å². The summed E-state index contributed by atoms with van der Waals surface area (Å²) in [4.78, 5) is 12.8. The fourth-order valence-corrected chi connectivity index (χ4v) is 2.92. The molecular formula is C18H24N2O2S. The van der Waals surface area contributed by atoms with Crippen LogP contribution in [-0.2, 0) is 5.41 Å². The van der Waals surface area contributed by atoms with Gasteiger partial charge in [-0.3, -0.25) is 0 Å². The number of thiophene rings is 1. The zero-order valence-corrected chi connectivity index (χ0v) is 14.6. The van der Waals surface area contributed by atoms with Crippen molar-refractivity contribution < 1.29 is 9.90 Å². The van der Waals surface area contributed by atoms with Crippen LogP contribution in [0.4, 0.5) is 10.5 Å². The van der Waals surface area contributed by atoms with Gasteiger partial charge in [-0.2, -0.15) is 0 Å². The minimum Gasteiger partial charge on any atom is -0.388 e. The molecule has 4 nitrogen and oxygen atoms in total. The monoisotopic (exact) mass is 332 g/mol. The van der Waals surface area contributed by atoms with Gasteiger partial charge in [-0.15, -0.1) is 11.3 Å². The summed E-state index contributed by atoms with van der Waals surface area (Å²) in [6, 6.07) is 11.4. The first-order valence-electron chi connectivity index (χ1n) is 7.73. The Bertz CT molecular complexity index is 615. The van der Waals surface area contributed by atoms with Crippen LogP contribution < -0.4 is 10.6 Å². The average Bonchev–Trinajstić information content (AvgIpc) is 3.01. The molecule has 1 unspecified atom stereocenters. The maximum Gasteiger partial charge on any atom is 0.319 e. The third kappa shape index (κ3) is 5.37. The maximum absolute atomic E-state index is 11.9. The summed E-state index contributed by atoms with van der Waals surface area (Å²) in [5.41, 5.74) is 2.08. The van der Waals surface area contributed by atoms with Gasteiger partial charge in [0.2, 0.25) is 0 Å². The summed E-state index contributed by atoms with van der Waals surface area (Å²) in [7, 11) is 0. The molecule has 0 spiro atoms. The first-order valence-corrected chi connectivity index (χ1v) is 8.61. The Hall–Kier alpha value is -1.85. The van der Waals surface area contributed by atoms with Crippen LogP contribution in [0.1, 0.15) is 43.7 Å². The van der Waals surface area contributed by atoms with Gasteiger partial charge in [0.05, 0.1) is 6.10 Å². The molecule has 0 bridgehead atoms. The molecule has 0 aliphatic heterocycles. The summed E-state index contributed by atoms with van der Waals surface area (Å²) in [5.74, 6) is 0. The van der Waals surface area contributed by atoms with Crippen molar-refractivity contribution in [3.8, 4) is 0 Å². The third-order valence-corrected chi connectivity index (χ3v) is 4.56. The van der Waals surface area contributed by atoms with Gasteiger partial charge in [-0.25, -0.2) is 4.79 Å². The van der Waals surface area contributed by atoms with Crippen molar-refractivity contribution in [1.82, 2.24) is 5.32 Å². The number of amides is 2. The lowest BCUT2D eigenvalue weighted by Crippen LogP contribution is -2.30. The highest BCUT2D eigenvalue weighted by atomic mass is 32.1. The van der Waals surface area contributed by atoms with Crippen molar-refractivity contribution in [3.05, 3.63) is 52.2 Å². The zero-order chi connectivity index (χ0) is 16.9. The largest absolute Gasteiger partial charge is 0.388 e. The van der Waals surface area contributed by atoms with Crippen molar-refractivity contribution in [2.75, 3.05) is 11.9 Å². The van der Waals surface area contributed by atoms with Crippen molar-refractivity contribution in [1.29, 1.82) is 0 Å². The summed E-state index contributed by atoms with van der Waals surface area (Å²) in [6.07, 6.45) is -0.0296. The Kier molecular flexibility index (Phi) is 5.80. The van der Waals surface area contributed by atoms with E-state index in [-0.39, 0.29) is 11.4 Å². The molecule has 124 valence electrons. The normalized spacial score (nSPS) is 12.7. The van der Waals surface area contributed by atoms with Crippen LogP contribution in [-0.4, -0.2) is 17.7 Å². The predicted molar refractivity (Wildman–Crippen MR) is 96.1 cm³/mol. The molecule has 3 N–H and O–H groups in total. The van der Waals surface area contributed by atoms with E-state index >= 15 is 0 Å². The molecule has 2 rings (SSSR count). The molecule has 1 heterocycles. The second-order valence-electron chi connectivity index (χ2n) is 6.53. The predicted octanol–water partition coefficient (Wildman–Crippen LogP) is 4.29. The highest BCUT2D eigenvalue weighted by molar-refractivity contribution is 7.10. The second kappa shape index (κ2) is 7.62. The maximum atomic E-state index is 11.9. The molecular weight excluding hydrogens is 308 g/mol. The summed E-state index contributed by atoms with van der Waals surface area (Å²) in [6.45, 7) is 6.88. The number of hydrogen-bond donors (Lipinski definition) is 3. The fraction of sp³-hybridized carbons (Fsp3) is 0.389. The lowest BCUT2D eigenvalue weighted by molar-refractivity contribution is 0.171. The van der Waals surface area contributed by atoms with E-state index < -0.39 is 6.10 Å². The number of benzene rings is 1. The third-order valence-electron chi connectivity index (χ3n) is 3.58. The quantitative estimate of drug-likeness (QED) is 0.765. The van der Waals surface area contributed by atoms with Crippen LogP contribution in [0.3, 0.4) is 0 Å². The first-order chi connectivity index (χ1) is 10.9. The molecule has 23 heavy (non-hydrogen) atoms. The van der Waals surface area contributed by atoms with E-state index in [0.29, 0.717) is 13.0 Å². The van der Waals surface area contributed by atoms with Crippen LogP contribution in [0.15, 0.2) is 41.8 Å². The summed E-state index contributed by atoms with van der Waals surface area (Å²) in [5, 5.41) is 17.5. The molecule has 2 amide bonds. The number of nitrogens with one attached hydrogen (secondary N) is 2. The molecule has 5 heteroatoms. The minimum absolute atomic E-state index is 0.0960. The number of carbonyl (C=O) groups excluding carboxylic acids is 1. The molecule has 0 saturated heterocycles. The molecule has 2 aromatic rings. The molecule has 0 fully saturated rings. The lowest BCUT2D eigenvalue weighted by Gasteiger charge is -2.19. The van der Waals surface area contributed by atoms with E-state index in [4.69, 9.17) is 0 Å². The van der Waals surface area contributed by atoms with E-state index in [0.717, 1.165) is 10.6 Å². The van der Waals surface area contributed by atoms with Gasteiger partial charge in [0.1, 0.15) is 0 Å². The van der Waals surface area contributed by atoms with E-state index in [1.54, 1.807) is 0 Å². The van der Waals surface area contributed by atoms with E-state index in [2.05, 4.69) is 31.4 Å². The van der Waals surface area contributed by atoms with Crippen molar-refractivity contribution in [3.63, 3.8) is 0 Å². The van der Waals surface area contributed by atoms with Gasteiger partial charge in [-0.1, -0.05) is 39.0 Å². The average molecular weight is 332 g/mol. The van der Waals surface area contributed by atoms with Gasteiger partial charge in [-0.05, 0) is 41.0 Å². The number of urea groups is 1. The van der Waals surface area contributed by atoms with Crippen molar-refractivity contribution in [2.45, 2.75) is 38.7 Å². The molecule has 0 aliphatic carbocycles. The number of hydrogen-bond acceptors (Lipinski definition) is 3. The van der Waals surface area contributed by atoms with Crippen LogP contribution in [0, 0.1) is 0 Å². The van der Waals surface area contributed by atoms with E-state index in [1.807, 2.05) is 41.8 Å². The molecule has 0 aliphatic rings. The standard InChI is InChI=1S/C18H24N2O2S/c1-18(2,3)13-6-8-14(9-7-13)20-17(22)19-11-10-15(21)16-5-4-12-23-16/h4-9,12,15,21H,10-11H2,1-3H3,(H2,19,20,22). The lowest BCUT2D eigenvalue weighted by atomic mass is 9.87. The Balaban J connectivity index is 1.76. The number of rotatable bonds is 5. The highest BCUT2D eigenvalue weighted by Crippen LogP contribution is 2.23. The fourth-order valence-electron chi connectivity index (χ4n) is 2.17. The number of aliphatic hydroxyl groups excluding tert-OH is 1. The minimum atomic E-state index is -0.527. The summed E-state index contributed by atoms with van der Waals surface area (Å²) >= 11 is 1.52. The van der Waals surface area contributed by atoms with Gasteiger partial charge < -0.3 is 15.7 Å². The van der Waals surface area contributed by atoms with Gasteiger partial charge in [0.15, 0.2) is 0 Å². The number of anilines is 1. The number of carbonyl (C=O) groups is 1. The Morgan fingerprint density at radius 3 is 2.48 bits per heavy atom. The smallest absolute Gasteiger partial charge is 0.319 e. The molecule has 0 radical (unpaired) electrons. The van der Waals surface area contributed by atoms with Crippen LogP contribution in [0.25, 0.3) is 0 Å². The molecule has 0 saturated carbocycles. The van der Waals surface area contributed by atoms with Crippen LogP contribution >= 0.6 is 11.3 Å². The van der Waals surface area contributed by atoms with Gasteiger partial charge in [0.25, 0.3) is 0 Å². The first kappa shape index (κ1) is 17.5. The second-order valence-corrected chi connectivity index (χ2v) is 7.51. The zero-order valence-electron chi connectivity index (χ0n) is 13.8. The van der Waals surface area contributed by atoms with Crippen molar-refractivity contribution >= 4 is 23.1 Å². The van der Waals surface area contributed by atoms with E-state index in [9.17, 15) is 9.90 Å². The molecule has 1 aromatic carbocycles. The van der Waals surface area contributed by atoms with Crippen molar-refractivity contribution in [2.24, 2.45) is 0 Å². The topological polar surface area (TPSA) is 61.4 Å².